The number of thiazole rings is 1. The summed E-state index contributed by atoms with van der Waals surface area (Å²) in [5.41, 5.74) is 2.17. The maximum Gasteiger partial charge on any atom is 0.265 e. The quantitative estimate of drug-likeness (QED) is 0.780. The van der Waals surface area contributed by atoms with Crippen molar-refractivity contribution in [2.24, 2.45) is 11.8 Å². The smallest absolute Gasteiger partial charge is 0.265 e. The highest BCUT2D eigenvalue weighted by molar-refractivity contribution is 7.13. The number of halogens is 1. The lowest BCUT2D eigenvalue weighted by atomic mass is 9.89. The topological polar surface area (TPSA) is 45.7 Å². The van der Waals surface area contributed by atoms with Crippen molar-refractivity contribution in [2.45, 2.75) is 19.9 Å². The summed E-state index contributed by atoms with van der Waals surface area (Å²) in [6, 6.07) is 8.72. The van der Waals surface area contributed by atoms with Gasteiger partial charge in [-0.2, -0.15) is 0 Å². The number of rotatable bonds is 3. The second-order valence-corrected chi connectivity index (χ2v) is 8.64. The number of benzene rings is 1. The number of hydrogen-bond acceptors (Lipinski definition) is 5. The summed E-state index contributed by atoms with van der Waals surface area (Å²) in [6.07, 6.45) is 0. The van der Waals surface area contributed by atoms with Crippen LogP contribution in [0.4, 0.5) is 0 Å². The molecule has 0 radical (unpaired) electrons. The Morgan fingerprint density at radius 2 is 1.89 bits per heavy atom. The highest BCUT2D eigenvalue weighted by atomic mass is 35.5. The van der Waals surface area contributed by atoms with E-state index in [4.69, 9.17) is 4.74 Å². The summed E-state index contributed by atoms with van der Waals surface area (Å²) in [4.78, 5) is 22.7. The minimum Gasteiger partial charge on any atom is -0.497 e. The Kier molecular flexibility index (Phi) is 5.79. The van der Waals surface area contributed by atoms with Crippen LogP contribution in [0, 0.1) is 25.7 Å². The highest BCUT2D eigenvalue weighted by Crippen LogP contribution is 2.44. The molecule has 3 atom stereocenters. The summed E-state index contributed by atoms with van der Waals surface area (Å²) in [7, 11) is 3.88. The molecule has 0 aliphatic carbocycles. The van der Waals surface area contributed by atoms with Gasteiger partial charge in [-0.25, -0.2) is 4.98 Å². The Bertz CT molecular complexity index is 823. The van der Waals surface area contributed by atoms with Crippen molar-refractivity contribution in [3.8, 4) is 5.75 Å². The summed E-state index contributed by atoms with van der Waals surface area (Å²) in [5.74, 6) is 2.04. The fourth-order valence-corrected chi connectivity index (χ4v) is 5.49. The number of carbonyl (C=O) groups is 1. The largest absolute Gasteiger partial charge is 0.497 e. The third kappa shape index (κ3) is 3.58. The SMILES string of the molecule is COc1ccc([C@@H]2[C@@H]3CN(C(=O)c4sc(C)nc4C)C[C@@H]3CN2C)cc1.Cl. The Morgan fingerprint density at radius 1 is 1.19 bits per heavy atom. The number of fused-ring (bicyclic) bond motifs is 1. The van der Waals surface area contributed by atoms with Crippen molar-refractivity contribution in [1.29, 1.82) is 0 Å². The Morgan fingerprint density at radius 3 is 2.48 bits per heavy atom. The van der Waals surface area contributed by atoms with Gasteiger partial charge in [0, 0.05) is 31.6 Å². The molecule has 4 rings (SSSR count). The lowest BCUT2D eigenvalue weighted by molar-refractivity contribution is 0.0771. The van der Waals surface area contributed by atoms with Crippen LogP contribution in [0.3, 0.4) is 0 Å². The zero-order valence-corrected chi connectivity index (χ0v) is 17.8. The molecule has 7 heteroatoms. The first-order valence-corrected chi connectivity index (χ1v) is 9.87. The predicted octanol–water partition coefficient (Wildman–Crippen LogP) is 3.57. The molecule has 2 fully saturated rings. The zero-order chi connectivity index (χ0) is 18.4. The van der Waals surface area contributed by atoms with Crippen LogP contribution in [0.5, 0.6) is 5.75 Å². The fourth-order valence-electron chi connectivity index (χ4n) is 4.60. The van der Waals surface area contributed by atoms with Crippen LogP contribution in [0.2, 0.25) is 0 Å². The number of hydrogen-bond donors (Lipinski definition) is 0. The molecule has 0 spiro atoms. The van der Waals surface area contributed by atoms with Crippen molar-refractivity contribution >= 4 is 29.7 Å². The summed E-state index contributed by atoms with van der Waals surface area (Å²) < 4.78 is 5.28. The van der Waals surface area contributed by atoms with Gasteiger partial charge in [0.25, 0.3) is 5.91 Å². The van der Waals surface area contributed by atoms with E-state index in [2.05, 4.69) is 29.1 Å². The number of aromatic nitrogens is 1. The lowest BCUT2D eigenvalue weighted by Gasteiger charge is -2.27. The van der Waals surface area contributed by atoms with Crippen molar-refractivity contribution < 1.29 is 9.53 Å². The van der Waals surface area contributed by atoms with Crippen LogP contribution in [0.1, 0.15) is 32.0 Å². The van der Waals surface area contributed by atoms with Gasteiger partial charge in [-0.1, -0.05) is 12.1 Å². The van der Waals surface area contributed by atoms with Gasteiger partial charge in [0.1, 0.15) is 10.6 Å². The van der Waals surface area contributed by atoms with Crippen molar-refractivity contribution in [1.82, 2.24) is 14.8 Å². The first kappa shape index (κ1) is 20.1. The third-order valence-corrected chi connectivity index (χ3v) is 6.80. The van der Waals surface area contributed by atoms with Crippen LogP contribution >= 0.6 is 23.7 Å². The first-order chi connectivity index (χ1) is 12.5. The van der Waals surface area contributed by atoms with Crippen LogP contribution in [0.15, 0.2) is 24.3 Å². The molecule has 27 heavy (non-hydrogen) atoms. The number of ether oxygens (including phenoxy) is 1. The monoisotopic (exact) mass is 407 g/mol. The standard InChI is InChI=1S/C20H25N3O2S.ClH/c1-12-19(26-13(2)21-12)20(24)23-10-15-9-22(3)18(17(15)11-23)14-5-7-16(25-4)8-6-14;/h5-8,15,17-18H,9-11H2,1-4H3;1H/t15-,17+,18+;/m0./s1. The zero-order valence-electron chi connectivity index (χ0n) is 16.1. The van der Waals surface area contributed by atoms with E-state index in [0.717, 1.165) is 41.0 Å². The van der Waals surface area contributed by atoms with Gasteiger partial charge in [-0.05, 0) is 44.5 Å². The number of aryl methyl sites for hydroxylation is 2. The molecular weight excluding hydrogens is 382 g/mol. The Hall–Kier alpha value is -1.63. The molecule has 2 aliphatic rings. The van der Waals surface area contributed by atoms with Gasteiger partial charge >= 0.3 is 0 Å². The average molecular weight is 408 g/mol. The van der Waals surface area contributed by atoms with E-state index in [1.807, 2.05) is 30.9 Å². The second kappa shape index (κ2) is 7.78. The van der Waals surface area contributed by atoms with E-state index in [1.165, 1.54) is 16.9 Å². The lowest BCUT2D eigenvalue weighted by Crippen LogP contribution is -2.33. The molecule has 2 aromatic rings. The molecule has 5 nitrogen and oxygen atoms in total. The highest BCUT2D eigenvalue weighted by Gasteiger charge is 2.47. The molecule has 2 saturated heterocycles. The molecule has 0 saturated carbocycles. The number of methoxy groups -OCH3 is 1. The number of amides is 1. The van der Waals surface area contributed by atoms with Gasteiger partial charge < -0.3 is 9.64 Å². The molecule has 1 aromatic heterocycles. The summed E-state index contributed by atoms with van der Waals surface area (Å²) >= 11 is 1.51. The molecule has 0 unspecified atom stereocenters. The van der Waals surface area contributed by atoms with Gasteiger partial charge in [-0.3, -0.25) is 9.69 Å². The Labute approximate surface area is 170 Å². The number of carbonyl (C=O) groups excluding carboxylic acids is 1. The van der Waals surface area contributed by atoms with Crippen LogP contribution in [-0.2, 0) is 0 Å². The average Bonchev–Trinajstić information content (AvgIpc) is 3.26. The second-order valence-electron chi connectivity index (χ2n) is 7.44. The minimum atomic E-state index is 0. The van der Waals surface area contributed by atoms with Crippen LogP contribution in [-0.4, -0.2) is 54.5 Å². The molecule has 1 amide bonds. The third-order valence-electron chi connectivity index (χ3n) is 5.74. The minimum absolute atomic E-state index is 0. The van der Waals surface area contributed by atoms with E-state index in [9.17, 15) is 4.79 Å². The molecule has 0 N–H and O–H groups in total. The Balaban J connectivity index is 0.00000210. The van der Waals surface area contributed by atoms with Gasteiger partial charge in [0.2, 0.25) is 0 Å². The molecule has 3 heterocycles. The molecule has 146 valence electrons. The first-order valence-electron chi connectivity index (χ1n) is 9.05. The van der Waals surface area contributed by atoms with Gasteiger partial charge in [0.15, 0.2) is 0 Å². The van der Waals surface area contributed by atoms with E-state index >= 15 is 0 Å². The van der Waals surface area contributed by atoms with Gasteiger partial charge in [-0.15, -0.1) is 23.7 Å². The normalized spacial score (nSPS) is 24.6. The number of likely N-dealkylation sites (tertiary alicyclic amines) is 2. The molecule has 1 aromatic carbocycles. The molecule has 0 bridgehead atoms. The fraction of sp³-hybridized carbons (Fsp3) is 0.500. The van der Waals surface area contributed by atoms with E-state index in [1.54, 1.807) is 7.11 Å². The maximum atomic E-state index is 13.0. The summed E-state index contributed by atoms with van der Waals surface area (Å²) in [5, 5.41) is 0.959. The van der Waals surface area contributed by atoms with Crippen molar-refractivity contribution in [2.75, 3.05) is 33.8 Å². The summed E-state index contributed by atoms with van der Waals surface area (Å²) in [6.45, 7) is 6.59. The van der Waals surface area contributed by atoms with Crippen LogP contribution < -0.4 is 4.74 Å². The van der Waals surface area contributed by atoms with Crippen molar-refractivity contribution in [3.05, 3.63) is 45.4 Å². The van der Waals surface area contributed by atoms with E-state index in [-0.39, 0.29) is 18.3 Å². The maximum absolute atomic E-state index is 13.0. The van der Waals surface area contributed by atoms with Crippen LogP contribution in [0.25, 0.3) is 0 Å². The van der Waals surface area contributed by atoms with E-state index in [0.29, 0.717) is 17.9 Å². The van der Waals surface area contributed by atoms with Crippen molar-refractivity contribution in [3.63, 3.8) is 0 Å². The predicted molar refractivity (Wildman–Crippen MR) is 110 cm³/mol. The van der Waals surface area contributed by atoms with Gasteiger partial charge in [0.05, 0.1) is 17.8 Å². The molecular formula is C20H26ClN3O2S. The number of nitrogens with zero attached hydrogens (tertiary/aromatic N) is 3. The molecule has 2 aliphatic heterocycles. The van der Waals surface area contributed by atoms with E-state index < -0.39 is 0 Å².